The van der Waals surface area contributed by atoms with Crippen LogP contribution in [0.2, 0.25) is 0 Å². The number of carbonyl (C=O) groups is 1. The number of halogens is 1. The third kappa shape index (κ3) is 3.26. The monoisotopic (exact) mass is 320 g/mol. The van der Waals surface area contributed by atoms with E-state index in [2.05, 4.69) is 27.3 Å². The molecule has 100 valence electrons. The summed E-state index contributed by atoms with van der Waals surface area (Å²) in [7, 11) is 0. The van der Waals surface area contributed by atoms with Crippen molar-refractivity contribution < 1.29 is 4.79 Å². The molecular weight excluding hydrogens is 304 g/mol. The molecule has 0 fully saturated rings. The van der Waals surface area contributed by atoms with Gasteiger partial charge in [0.25, 0.3) is 0 Å². The second-order valence-electron chi connectivity index (χ2n) is 4.31. The highest BCUT2D eigenvalue weighted by Crippen LogP contribution is 2.23. The van der Waals surface area contributed by atoms with Gasteiger partial charge < -0.3 is 10.2 Å². The largest absolute Gasteiger partial charge is 0.325 e. The predicted octanol–water partition coefficient (Wildman–Crippen LogP) is 4.48. The Morgan fingerprint density at radius 1 is 1.11 bits per heavy atom. The maximum atomic E-state index is 12.0. The lowest BCUT2D eigenvalue weighted by Crippen LogP contribution is -2.34. The van der Waals surface area contributed by atoms with Crippen molar-refractivity contribution in [1.29, 1.82) is 0 Å². The fourth-order valence-electron chi connectivity index (χ4n) is 2.01. The molecule has 0 saturated heterocycles. The summed E-state index contributed by atoms with van der Waals surface area (Å²) in [6, 6.07) is 12.0. The Labute approximate surface area is 121 Å². The third-order valence-corrected chi connectivity index (χ3v) is 3.60. The third-order valence-electron chi connectivity index (χ3n) is 3.10. The molecule has 0 heterocycles. The number of nitrogens with zero attached hydrogens (tertiary/aromatic N) is 1. The van der Waals surface area contributed by atoms with Crippen molar-refractivity contribution in [2.75, 3.05) is 18.4 Å². The minimum absolute atomic E-state index is 0.0542. The first-order valence-corrected chi connectivity index (χ1v) is 7.18. The molecule has 0 aliphatic rings. The van der Waals surface area contributed by atoms with Crippen LogP contribution >= 0.6 is 15.9 Å². The van der Waals surface area contributed by atoms with Gasteiger partial charge >= 0.3 is 6.03 Å². The Bertz CT molecular complexity index is 594. The van der Waals surface area contributed by atoms with E-state index >= 15 is 0 Å². The topological polar surface area (TPSA) is 32.3 Å². The van der Waals surface area contributed by atoms with Gasteiger partial charge in [-0.2, -0.15) is 0 Å². The van der Waals surface area contributed by atoms with Gasteiger partial charge in [-0.1, -0.05) is 28.1 Å². The van der Waals surface area contributed by atoms with E-state index in [1.807, 2.05) is 44.2 Å². The number of hydrogen-bond donors (Lipinski definition) is 1. The number of fused-ring (bicyclic) bond motifs is 1. The van der Waals surface area contributed by atoms with E-state index in [4.69, 9.17) is 0 Å². The van der Waals surface area contributed by atoms with Crippen molar-refractivity contribution in [1.82, 2.24) is 4.90 Å². The second kappa shape index (κ2) is 6.06. The Morgan fingerprint density at radius 2 is 1.74 bits per heavy atom. The number of benzene rings is 2. The lowest BCUT2D eigenvalue weighted by molar-refractivity contribution is 0.217. The molecular formula is C15H17BrN2O. The van der Waals surface area contributed by atoms with Crippen LogP contribution in [0.5, 0.6) is 0 Å². The van der Waals surface area contributed by atoms with Gasteiger partial charge in [-0.3, -0.25) is 0 Å². The van der Waals surface area contributed by atoms with E-state index in [1.54, 1.807) is 4.90 Å². The molecule has 2 aromatic rings. The molecule has 0 bridgehead atoms. The number of rotatable bonds is 3. The fraction of sp³-hybridized carbons (Fsp3) is 0.267. The molecule has 1 N–H and O–H groups in total. The predicted molar refractivity (Wildman–Crippen MR) is 83.6 cm³/mol. The summed E-state index contributed by atoms with van der Waals surface area (Å²) in [5, 5.41) is 5.19. The van der Waals surface area contributed by atoms with Gasteiger partial charge in [0.15, 0.2) is 0 Å². The standard InChI is InChI=1S/C15H17BrN2O/c1-3-18(4-2)15(19)17-14-8-6-11-9-13(16)7-5-12(11)10-14/h5-10H,3-4H2,1-2H3,(H,17,19). The zero-order chi connectivity index (χ0) is 13.8. The molecule has 0 radical (unpaired) electrons. The van der Waals surface area contributed by atoms with Crippen LogP contribution in [-0.2, 0) is 0 Å². The van der Waals surface area contributed by atoms with E-state index in [1.165, 1.54) is 0 Å². The maximum absolute atomic E-state index is 12.0. The van der Waals surface area contributed by atoms with Crippen LogP contribution < -0.4 is 5.32 Å². The van der Waals surface area contributed by atoms with Crippen LogP contribution in [-0.4, -0.2) is 24.0 Å². The van der Waals surface area contributed by atoms with Gasteiger partial charge in [0, 0.05) is 23.2 Å². The molecule has 19 heavy (non-hydrogen) atoms. The minimum Gasteiger partial charge on any atom is -0.325 e. The zero-order valence-corrected chi connectivity index (χ0v) is 12.7. The Kier molecular flexibility index (Phi) is 4.43. The van der Waals surface area contributed by atoms with E-state index in [0.29, 0.717) is 13.1 Å². The smallest absolute Gasteiger partial charge is 0.321 e. The highest BCUT2D eigenvalue weighted by molar-refractivity contribution is 9.10. The normalized spacial score (nSPS) is 10.5. The van der Waals surface area contributed by atoms with Gasteiger partial charge in [-0.15, -0.1) is 0 Å². The Hall–Kier alpha value is -1.55. The van der Waals surface area contributed by atoms with Gasteiger partial charge in [-0.05, 0) is 48.9 Å². The molecule has 0 spiro atoms. The number of amides is 2. The van der Waals surface area contributed by atoms with Crippen molar-refractivity contribution in [2.45, 2.75) is 13.8 Å². The Morgan fingerprint density at radius 3 is 2.42 bits per heavy atom. The van der Waals surface area contributed by atoms with E-state index in [0.717, 1.165) is 20.9 Å². The van der Waals surface area contributed by atoms with Gasteiger partial charge in [0.05, 0.1) is 0 Å². The molecule has 2 rings (SSSR count). The Balaban J connectivity index is 2.22. The van der Waals surface area contributed by atoms with E-state index in [9.17, 15) is 4.79 Å². The van der Waals surface area contributed by atoms with Crippen LogP contribution in [0.3, 0.4) is 0 Å². The molecule has 2 amide bonds. The quantitative estimate of drug-likeness (QED) is 0.888. The first-order chi connectivity index (χ1) is 9.13. The second-order valence-corrected chi connectivity index (χ2v) is 5.22. The SMILES string of the molecule is CCN(CC)C(=O)Nc1ccc2cc(Br)ccc2c1. The summed E-state index contributed by atoms with van der Waals surface area (Å²) in [6.45, 7) is 5.37. The molecule has 0 unspecified atom stereocenters. The number of anilines is 1. The summed E-state index contributed by atoms with van der Waals surface area (Å²) < 4.78 is 1.06. The highest BCUT2D eigenvalue weighted by atomic mass is 79.9. The molecule has 0 aliphatic heterocycles. The van der Waals surface area contributed by atoms with Crippen LogP contribution in [0.25, 0.3) is 10.8 Å². The first kappa shape index (κ1) is 13.9. The number of urea groups is 1. The zero-order valence-electron chi connectivity index (χ0n) is 11.1. The van der Waals surface area contributed by atoms with Crippen molar-refractivity contribution in [3.05, 3.63) is 40.9 Å². The number of carbonyl (C=O) groups excluding carboxylic acids is 1. The van der Waals surface area contributed by atoms with Crippen LogP contribution in [0.15, 0.2) is 40.9 Å². The lowest BCUT2D eigenvalue weighted by Gasteiger charge is -2.19. The molecule has 0 aromatic heterocycles. The van der Waals surface area contributed by atoms with Gasteiger partial charge in [-0.25, -0.2) is 4.79 Å². The molecule has 0 saturated carbocycles. The molecule has 0 aliphatic carbocycles. The molecule has 2 aromatic carbocycles. The summed E-state index contributed by atoms with van der Waals surface area (Å²) in [6.07, 6.45) is 0. The van der Waals surface area contributed by atoms with E-state index < -0.39 is 0 Å². The van der Waals surface area contributed by atoms with E-state index in [-0.39, 0.29) is 6.03 Å². The van der Waals surface area contributed by atoms with Crippen LogP contribution in [0, 0.1) is 0 Å². The molecule has 0 atom stereocenters. The number of nitrogens with one attached hydrogen (secondary N) is 1. The van der Waals surface area contributed by atoms with Crippen molar-refractivity contribution in [3.8, 4) is 0 Å². The van der Waals surface area contributed by atoms with Crippen molar-refractivity contribution in [2.24, 2.45) is 0 Å². The van der Waals surface area contributed by atoms with Crippen molar-refractivity contribution >= 4 is 38.4 Å². The lowest BCUT2D eigenvalue weighted by atomic mass is 10.1. The fourth-order valence-corrected chi connectivity index (χ4v) is 2.39. The molecule has 4 heteroatoms. The average molecular weight is 321 g/mol. The number of hydrogen-bond acceptors (Lipinski definition) is 1. The van der Waals surface area contributed by atoms with Gasteiger partial charge in [0.2, 0.25) is 0 Å². The van der Waals surface area contributed by atoms with Crippen LogP contribution in [0.1, 0.15) is 13.8 Å². The van der Waals surface area contributed by atoms with Gasteiger partial charge in [0.1, 0.15) is 0 Å². The van der Waals surface area contributed by atoms with Crippen LogP contribution in [0.4, 0.5) is 10.5 Å². The summed E-state index contributed by atoms with van der Waals surface area (Å²) in [5.74, 6) is 0. The average Bonchev–Trinajstić information content (AvgIpc) is 2.40. The van der Waals surface area contributed by atoms with Crippen molar-refractivity contribution in [3.63, 3.8) is 0 Å². The highest BCUT2D eigenvalue weighted by Gasteiger charge is 2.09. The summed E-state index contributed by atoms with van der Waals surface area (Å²) in [4.78, 5) is 13.7. The maximum Gasteiger partial charge on any atom is 0.321 e. The summed E-state index contributed by atoms with van der Waals surface area (Å²) >= 11 is 3.45. The molecule has 3 nitrogen and oxygen atoms in total. The summed E-state index contributed by atoms with van der Waals surface area (Å²) in [5.41, 5.74) is 0.826. The first-order valence-electron chi connectivity index (χ1n) is 6.39. The minimum atomic E-state index is -0.0542.